The minimum Gasteiger partial charge on any atom is -0.390 e. The molecular formula is C19H30O. The van der Waals surface area contributed by atoms with Crippen LogP contribution in [0.1, 0.15) is 72.1 Å². The Morgan fingerprint density at radius 3 is 2.60 bits per heavy atom. The molecule has 0 heterocycles. The van der Waals surface area contributed by atoms with Crippen LogP contribution < -0.4 is 0 Å². The molecule has 3 rings (SSSR count). The maximum absolute atomic E-state index is 10.8. The second-order valence-corrected chi connectivity index (χ2v) is 8.34. The van der Waals surface area contributed by atoms with Gasteiger partial charge in [-0.2, -0.15) is 0 Å². The van der Waals surface area contributed by atoms with Crippen LogP contribution in [0.2, 0.25) is 0 Å². The molecule has 1 nitrogen and oxygen atoms in total. The van der Waals surface area contributed by atoms with Crippen LogP contribution in [-0.4, -0.2) is 10.7 Å². The molecule has 0 unspecified atom stereocenters. The summed E-state index contributed by atoms with van der Waals surface area (Å²) in [7, 11) is 0. The zero-order valence-corrected chi connectivity index (χ0v) is 13.5. The molecule has 4 atom stereocenters. The zero-order chi connectivity index (χ0) is 14.6. The first kappa shape index (κ1) is 14.4. The molecule has 1 heteroatoms. The Morgan fingerprint density at radius 1 is 1.15 bits per heavy atom. The molecule has 0 amide bonds. The Balaban J connectivity index is 1.98. The summed E-state index contributed by atoms with van der Waals surface area (Å²) in [6, 6.07) is 0. The van der Waals surface area contributed by atoms with Gasteiger partial charge in [0.25, 0.3) is 0 Å². The van der Waals surface area contributed by atoms with Gasteiger partial charge in [-0.05, 0) is 75.0 Å². The second-order valence-electron chi connectivity index (χ2n) is 8.34. The molecule has 20 heavy (non-hydrogen) atoms. The van der Waals surface area contributed by atoms with Crippen molar-refractivity contribution >= 4 is 0 Å². The van der Waals surface area contributed by atoms with Crippen LogP contribution in [0.15, 0.2) is 23.8 Å². The quantitative estimate of drug-likeness (QED) is 0.666. The number of hydrogen-bond acceptors (Lipinski definition) is 1. The highest BCUT2D eigenvalue weighted by Crippen LogP contribution is 2.60. The summed E-state index contributed by atoms with van der Waals surface area (Å²) >= 11 is 0. The largest absolute Gasteiger partial charge is 0.390 e. The van der Waals surface area contributed by atoms with E-state index >= 15 is 0 Å². The van der Waals surface area contributed by atoms with Gasteiger partial charge in [0, 0.05) is 0 Å². The SMILES string of the molecule is C=C[C@]1(C)CCC2=C(CC[C@H]3[C@](C)(O)CCC[C@]23C)C1. The molecule has 0 aromatic rings. The number of fused-ring (bicyclic) bond motifs is 2. The number of hydrogen-bond donors (Lipinski definition) is 1. The lowest BCUT2D eigenvalue weighted by Gasteiger charge is -2.56. The molecule has 0 aliphatic heterocycles. The number of allylic oxidation sites excluding steroid dienone is 3. The van der Waals surface area contributed by atoms with E-state index in [1.54, 1.807) is 11.1 Å². The van der Waals surface area contributed by atoms with Gasteiger partial charge in [0.05, 0.1) is 5.60 Å². The standard InChI is InChI=1S/C19H30O/c1-5-17(2)12-9-15-14(13-17)7-8-16-18(15,3)10-6-11-19(16,4)20/h5,16,20H,1,6-13H2,2-4H3/t16-,17-,18-,19-/m1/s1. The van der Waals surface area contributed by atoms with Gasteiger partial charge in [-0.25, -0.2) is 0 Å². The predicted octanol–water partition coefficient (Wildman–Crippen LogP) is 5.01. The second kappa shape index (κ2) is 4.47. The van der Waals surface area contributed by atoms with Crippen LogP contribution >= 0.6 is 0 Å². The Labute approximate surface area is 124 Å². The molecule has 0 radical (unpaired) electrons. The fourth-order valence-corrected chi connectivity index (χ4v) is 5.53. The molecule has 1 fully saturated rings. The summed E-state index contributed by atoms with van der Waals surface area (Å²) in [6.45, 7) is 10.9. The molecule has 0 spiro atoms. The fourth-order valence-electron chi connectivity index (χ4n) is 5.53. The Bertz CT molecular complexity index is 458. The first-order valence-electron chi connectivity index (χ1n) is 8.38. The number of aliphatic hydroxyl groups is 1. The minimum atomic E-state index is -0.454. The van der Waals surface area contributed by atoms with Crippen molar-refractivity contribution in [2.75, 3.05) is 0 Å². The van der Waals surface area contributed by atoms with Crippen molar-refractivity contribution < 1.29 is 5.11 Å². The number of rotatable bonds is 1. The maximum atomic E-state index is 10.8. The van der Waals surface area contributed by atoms with Gasteiger partial charge in [-0.3, -0.25) is 0 Å². The summed E-state index contributed by atoms with van der Waals surface area (Å²) < 4.78 is 0. The predicted molar refractivity (Wildman–Crippen MR) is 84.5 cm³/mol. The fraction of sp³-hybridized carbons (Fsp3) is 0.789. The van der Waals surface area contributed by atoms with Gasteiger partial charge >= 0.3 is 0 Å². The van der Waals surface area contributed by atoms with Crippen LogP contribution in [0.25, 0.3) is 0 Å². The third-order valence-corrected chi connectivity index (χ3v) is 6.81. The highest BCUT2D eigenvalue weighted by Gasteiger charge is 2.52. The highest BCUT2D eigenvalue weighted by atomic mass is 16.3. The van der Waals surface area contributed by atoms with E-state index < -0.39 is 5.60 Å². The Hall–Kier alpha value is -0.560. The molecule has 1 saturated carbocycles. The summed E-state index contributed by atoms with van der Waals surface area (Å²) in [5, 5.41) is 10.8. The lowest BCUT2D eigenvalue weighted by molar-refractivity contribution is -0.0922. The lowest BCUT2D eigenvalue weighted by atomic mass is 9.50. The van der Waals surface area contributed by atoms with E-state index in [1.165, 1.54) is 44.9 Å². The third kappa shape index (κ3) is 2.01. The van der Waals surface area contributed by atoms with Gasteiger partial charge in [0.2, 0.25) is 0 Å². The van der Waals surface area contributed by atoms with Crippen LogP contribution in [-0.2, 0) is 0 Å². The molecular weight excluding hydrogens is 244 g/mol. The third-order valence-electron chi connectivity index (χ3n) is 6.81. The molecule has 0 bridgehead atoms. The first-order chi connectivity index (χ1) is 9.31. The van der Waals surface area contributed by atoms with E-state index in [0.29, 0.717) is 11.3 Å². The van der Waals surface area contributed by atoms with Gasteiger partial charge in [-0.15, -0.1) is 6.58 Å². The van der Waals surface area contributed by atoms with Crippen molar-refractivity contribution in [3.05, 3.63) is 23.8 Å². The van der Waals surface area contributed by atoms with E-state index in [-0.39, 0.29) is 5.41 Å². The molecule has 1 N–H and O–H groups in total. The molecule has 0 aromatic carbocycles. The molecule has 0 aromatic heterocycles. The van der Waals surface area contributed by atoms with Crippen molar-refractivity contribution in [1.29, 1.82) is 0 Å². The Kier molecular flexibility index (Phi) is 3.21. The van der Waals surface area contributed by atoms with E-state index in [1.807, 2.05) is 0 Å². The zero-order valence-electron chi connectivity index (χ0n) is 13.5. The van der Waals surface area contributed by atoms with Crippen molar-refractivity contribution in [2.45, 2.75) is 77.7 Å². The summed E-state index contributed by atoms with van der Waals surface area (Å²) in [4.78, 5) is 0. The van der Waals surface area contributed by atoms with Gasteiger partial charge in [0.1, 0.15) is 0 Å². The smallest absolute Gasteiger partial charge is 0.0656 e. The van der Waals surface area contributed by atoms with Gasteiger partial charge < -0.3 is 5.11 Å². The topological polar surface area (TPSA) is 20.2 Å². The first-order valence-corrected chi connectivity index (χ1v) is 8.38. The monoisotopic (exact) mass is 274 g/mol. The molecule has 3 aliphatic rings. The van der Waals surface area contributed by atoms with Crippen LogP contribution in [0.5, 0.6) is 0 Å². The van der Waals surface area contributed by atoms with Crippen LogP contribution in [0.4, 0.5) is 0 Å². The van der Waals surface area contributed by atoms with E-state index in [2.05, 4.69) is 33.4 Å². The van der Waals surface area contributed by atoms with Gasteiger partial charge in [-0.1, -0.05) is 31.1 Å². The van der Waals surface area contributed by atoms with Crippen molar-refractivity contribution in [2.24, 2.45) is 16.7 Å². The normalized spacial score (nSPS) is 48.5. The van der Waals surface area contributed by atoms with Crippen molar-refractivity contribution in [3.8, 4) is 0 Å². The summed E-state index contributed by atoms with van der Waals surface area (Å²) in [5.74, 6) is 0.468. The Morgan fingerprint density at radius 2 is 1.90 bits per heavy atom. The highest BCUT2D eigenvalue weighted by molar-refractivity contribution is 5.32. The van der Waals surface area contributed by atoms with Crippen LogP contribution in [0.3, 0.4) is 0 Å². The average molecular weight is 274 g/mol. The maximum Gasteiger partial charge on any atom is 0.0656 e. The summed E-state index contributed by atoms with van der Waals surface area (Å²) in [5.41, 5.74) is 3.53. The van der Waals surface area contributed by atoms with Crippen LogP contribution in [0, 0.1) is 16.7 Å². The van der Waals surface area contributed by atoms with Crippen molar-refractivity contribution in [3.63, 3.8) is 0 Å². The van der Waals surface area contributed by atoms with E-state index in [4.69, 9.17) is 0 Å². The molecule has 112 valence electrons. The van der Waals surface area contributed by atoms with E-state index in [9.17, 15) is 5.11 Å². The average Bonchev–Trinajstić information content (AvgIpc) is 2.37. The minimum absolute atomic E-state index is 0.262. The lowest BCUT2D eigenvalue weighted by Crippen LogP contribution is -2.51. The molecule has 0 saturated heterocycles. The summed E-state index contributed by atoms with van der Waals surface area (Å²) in [6.07, 6.45) is 11.6. The van der Waals surface area contributed by atoms with Crippen molar-refractivity contribution in [1.82, 2.24) is 0 Å². The molecule has 3 aliphatic carbocycles. The van der Waals surface area contributed by atoms with Gasteiger partial charge in [0.15, 0.2) is 0 Å². The van der Waals surface area contributed by atoms with E-state index in [0.717, 1.165) is 6.42 Å².